The molecule has 0 aliphatic rings. The van der Waals surface area contributed by atoms with Crippen LogP contribution < -0.4 is 14.2 Å². The Morgan fingerprint density at radius 3 is 2.43 bits per heavy atom. The number of halogens is 2. The summed E-state index contributed by atoms with van der Waals surface area (Å²) in [6, 6.07) is 10.2. The third kappa shape index (κ3) is 4.94. The first-order valence-corrected chi connectivity index (χ1v) is 7.45. The Kier molecular flexibility index (Phi) is 6.38. The molecule has 0 fully saturated rings. The lowest BCUT2D eigenvalue weighted by molar-refractivity contribution is 0.211. The standard InChI is InChI=1S/C16H15Cl2NO4/c1-21-14-5-2-11(10-19-20)8-16(14)23-7-6-22-15-9-12(17)3-4-13(15)18/h2-5,8-10,20H,6-7H2,1H3. The molecule has 2 rings (SSSR count). The normalized spacial score (nSPS) is 10.7. The second-order valence-electron chi connectivity index (χ2n) is 4.43. The fourth-order valence-electron chi connectivity index (χ4n) is 1.84. The van der Waals surface area contributed by atoms with Crippen molar-refractivity contribution in [1.82, 2.24) is 0 Å². The van der Waals surface area contributed by atoms with Crippen LogP contribution in [0.15, 0.2) is 41.6 Å². The van der Waals surface area contributed by atoms with Gasteiger partial charge in [-0.25, -0.2) is 0 Å². The molecule has 0 amide bonds. The Morgan fingerprint density at radius 2 is 1.74 bits per heavy atom. The topological polar surface area (TPSA) is 60.3 Å². The summed E-state index contributed by atoms with van der Waals surface area (Å²) >= 11 is 11.9. The summed E-state index contributed by atoms with van der Waals surface area (Å²) in [7, 11) is 1.55. The van der Waals surface area contributed by atoms with Gasteiger partial charge >= 0.3 is 0 Å². The number of rotatable bonds is 7. The SMILES string of the molecule is COc1ccc(C=NO)cc1OCCOc1cc(Cl)ccc1Cl. The molecular formula is C16H15Cl2NO4. The van der Waals surface area contributed by atoms with Gasteiger partial charge in [0.25, 0.3) is 0 Å². The molecule has 2 aromatic rings. The number of nitrogens with zero attached hydrogens (tertiary/aromatic N) is 1. The fraction of sp³-hybridized carbons (Fsp3) is 0.188. The quantitative estimate of drug-likeness (QED) is 0.348. The lowest BCUT2D eigenvalue weighted by Crippen LogP contribution is -2.10. The molecule has 0 saturated heterocycles. The highest BCUT2D eigenvalue weighted by Crippen LogP contribution is 2.29. The molecule has 0 radical (unpaired) electrons. The predicted octanol–water partition coefficient (Wildman–Crippen LogP) is 4.27. The van der Waals surface area contributed by atoms with Gasteiger partial charge in [0.05, 0.1) is 18.3 Å². The summed E-state index contributed by atoms with van der Waals surface area (Å²) < 4.78 is 16.4. The van der Waals surface area contributed by atoms with Gasteiger partial charge in [-0.15, -0.1) is 0 Å². The molecule has 0 saturated carbocycles. The molecule has 122 valence electrons. The Bertz CT molecular complexity index is 692. The molecule has 0 aromatic heterocycles. The Balaban J connectivity index is 1.95. The molecule has 0 spiro atoms. The van der Waals surface area contributed by atoms with Crippen molar-refractivity contribution in [3.63, 3.8) is 0 Å². The van der Waals surface area contributed by atoms with Gasteiger partial charge in [0.2, 0.25) is 0 Å². The van der Waals surface area contributed by atoms with Crippen LogP contribution >= 0.6 is 23.2 Å². The largest absolute Gasteiger partial charge is 0.493 e. The molecule has 1 N–H and O–H groups in total. The number of oxime groups is 1. The summed E-state index contributed by atoms with van der Waals surface area (Å²) in [5.74, 6) is 1.59. The molecule has 2 aromatic carbocycles. The van der Waals surface area contributed by atoms with Crippen molar-refractivity contribution in [2.75, 3.05) is 20.3 Å². The van der Waals surface area contributed by atoms with Crippen molar-refractivity contribution in [1.29, 1.82) is 0 Å². The predicted molar refractivity (Wildman–Crippen MR) is 89.8 cm³/mol. The number of hydrogen-bond donors (Lipinski definition) is 1. The van der Waals surface area contributed by atoms with Gasteiger partial charge in [-0.2, -0.15) is 0 Å². The minimum absolute atomic E-state index is 0.277. The van der Waals surface area contributed by atoms with Crippen molar-refractivity contribution >= 4 is 29.4 Å². The minimum Gasteiger partial charge on any atom is -0.493 e. The van der Waals surface area contributed by atoms with Gasteiger partial charge in [0, 0.05) is 16.7 Å². The van der Waals surface area contributed by atoms with E-state index in [2.05, 4.69) is 5.16 Å². The molecule has 0 atom stereocenters. The first-order chi connectivity index (χ1) is 11.1. The average molecular weight is 356 g/mol. The van der Waals surface area contributed by atoms with Crippen LogP contribution in [0.3, 0.4) is 0 Å². The van der Waals surface area contributed by atoms with E-state index >= 15 is 0 Å². The highest BCUT2D eigenvalue weighted by atomic mass is 35.5. The zero-order valence-corrected chi connectivity index (χ0v) is 13.8. The van der Waals surface area contributed by atoms with E-state index in [1.54, 1.807) is 43.5 Å². The number of hydrogen-bond acceptors (Lipinski definition) is 5. The van der Waals surface area contributed by atoms with Crippen molar-refractivity contribution in [2.24, 2.45) is 5.16 Å². The van der Waals surface area contributed by atoms with Crippen LogP contribution in [0.1, 0.15) is 5.56 Å². The van der Waals surface area contributed by atoms with Crippen LogP contribution in [0.2, 0.25) is 10.0 Å². The van der Waals surface area contributed by atoms with Crippen molar-refractivity contribution in [3.8, 4) is 17.2 Å². The number of methoxy groups -OCH3 is 1. The number of benzene rings is 2. The molecule has 23 heavy (non-hydrogen) atoms. The third-order valence-electron chi connectivity index (χ3n) is 2.89. The first kappa shape index (κ1) is 17.2. The van der Waals surface area contributed by atoms with E-state index < -0.39 is 0 Å². The van der Waals surface area contributed by atoms with Crippen molar-refractivity contribution in [3.05, 3.63) is 52.0 Å². The van der Waals surface area contributed by atoms with Gasteiger partial charge < -0.3 is 19.4 Å². The van der Waals surface area contributed by atoms with Crippen molar-refractivity contribution in [2.45, 2.75) is 0 Å². The van der Waals surface area contributed by atoms with Crippen LogP contribution in [0.4, 0.5) is 0 Å². The minimum atomic E-state index is 0.277. The van der Waals surface area contributed by atoms with E-state index in [1.165, 1.54) is 6.21 Å². The zero-order chi connectivity index (χ0) is 16.7. The van der Waals surface area contributed by atoms with E-state index in [4.69, 9.17) is 42.6 Å². The van der Waals surface area contributed by atoms with Gasteiger partial charge in [-0.1, -0.05) is 28.4 Å². The molecule has 7 heteroatoms. The Labute approximate surface area is 144 Å². The highest BCUT2D eigenvalue weighted by molar-refractivity contribution is 6.34. The molecular weight excluding hydrogens is 341 g/mol. The summed E-state index contributed by atoms with van der Waals surface area (Å²) in [5, 5.41) is 12.6. The molecule has 0 heterocycles. The zero-order valence-electron chi connectivity index (χ0n) is 12.3. The van der Waals surface area contributed by atoms with Gasteiger partial charge in [0.15, 0.2) is 11.5 Å². The van der Waals surface area contributed by atoms with Crippen LogP contribution in [-0.4, -0.2) is 31.7 Å². The molecule has 5 nitrogen and oxygen atoms in total. The summed E-state index contributed by atoms with van der Waals surface area (Å²) in [6.45, 7) is 0.556. The van der Waals surface area contributed by atoms with Crippen LogP contribution in [0.25, 0.3) is 0 Å². The lowest BCUT2D eigenvalue weighted by atomic mass is 10.2. The third-order valence-corrected chi connectivity index (χ3v) is 3.43. The van der Waals surface area contributed by atoms with Gasteiger partial charge in [-0.3, -0.25) is 0 Å². The molecule has 0 bridgehead atoms. The Hall–Kier alpha value is -2.11. The highest BCUT2D eigenvalue weighted by Gasteiger charge is 2.06. The Morgan fingerprint density at radius 1 is 1.00 bits per heavy atom. The van der Waals surface area contributed by atoms with Crippen LogP contribution in [0.5, 0.6) is 17.2 Å². The van der Waals surface area contributed by atoms with Crippen molar-refractivity contribution < 1.29 is 19.4 Å². The number of ether oxygens (including phenoxy) is 3. The van der Waals surface area contributed by atoms with E-state index in [-0.39, 0.29) is 13.2 Å². The molecule has 0 aliphatic heterocycles. The van der Waals surface area contributed by atoms with Gasteiger partial charge in [-0.05, 0) is 30.3 Å². The van der Waals surface area contributed by atoms with E-state index in [1.807, 2.05) is 0 Å². The maximum atomic E-state index is 8.58. The van der Waals surface area contributed by atoms with Crippen LogP contribution in [-0.2, 0) is 0 Å². The van der Waals surface area contributed by atoms with Crippen LogP contribution in [0, 0.1) is 0 Å². The maximum Gasteiger partial charge on any atom is 0.161 e. The van der Waals surface area contributed by atoms with E-state index in [9.17, 15) is 0 Å². The summed E-state index contributed by atoms with van der Waals surface area (Å²) in [5.41, 5.74) is 0.683. The summed E-state index contributed by atoms with van der Waals surface area (Å²) in [4.78, 5) is 0. The second-order valence-corrected chi connectivity index (χ2v) is 5.27. The van der Waals surface area contributed by atoms with E-state index in [0.29, 0.717) is 32.9 Å². The monoisotopic (exact) mass is 355 g/mol. The maximum absolute atomic E-state index is 8.58. The van der Waals surface area contributed by atoms with Gasteiger partial charge in [0.1, 0.15) is 19.0 Å². The smallest absolute Gasteiger partial charge is 0.161 e. The summed E-state index contributed by atoms with van der Waals surface area (Å²) in [6.07, 6.45) is 1.30. The second kappa shape index (κ2) is 8.50. The average Bonchev–Trinajstić information content (AvgIpc) is 2.55. The van der Waals surface area contributed by atoms with E-state index in [0.717, 1.165) is 0 Å². The molecule has 0 unspecified atom stereocenters. The first-order valence-electron chi connectivity index (χ1n) is 6.70. The fourth-order valence-corrected chi connectivity index (χ4v) is 2.18. The lowest BCUT2D eigenvalue weighted by Gasteiger charge is -2.12. The molecule has 0 aliphatic carbocycles.